The molecule has 0 saturated carbocycles. The zero-order chi connectivity index (χ0) is 16.4. The van der Waals surface area contributed by atoms with Gasteiger partial charge in [0, 0.05) is 5.56 Å². The predicted molar refractivity (Wildman–Crippen MR) is 79.8 cm³/mol. The van der Waals surface area contributed by atoms with Crippen LogP contribution in [0, 0.1) is 0 Å². The molecule has 0 fully saturated rings. The molecule has 0 aliphatic carbocycles. The molecule has 23 heavy (non-hydrogen) atoms. The largest absolute Gasteiger partial charge is 0.464 e. The highest BCUT2D eigenvalue weighted by Gasteiger charge is 2.24. The van der Waals surface area contributed by atoms with E-state index < -0.39 is 11.9 Å². The van der Waals surface area contributed by atoms with E-state index in [-0.39, 0.29) is 22.4 Å². The lowest BCUT2D eigenvalue weighted by Gasteiger charge is -2.01. The van der Waals surface area contributed by atoms with Crippen LogP contribution < -0.4 is 0 Å². The van der Waals surface area contributed by atoms with Crippen LogP contribution in [0.15, 0.2) is 30.3 Å². The van der Waals surface area contributed by atoms with Crippen molar-refractivity contribution in [3.8, 4) is 11.4 Å². The minimum absolute atomic E-state index is 0.0511. The monoisotopic (exact) mass is 312 g/mol. The number of esters is 2. The fraction of sp³-hybridized carbons (Fsp3) is 0.133. The molecule has 1 aromatic carbocycles. The topological polar surface area (TPSA) is 107 Å². The molecule has 1 N–H and O–H groups in total. The van der Waals surface area contributed by atoms with Crippen molar-refractivity contribution >= 4 is 23.0 Å². The van der Waals surface area contributed by atoms with Gasteiger partial charge in [0.05, 0.1) is 14.2 Å². The van der Waals surface area contributed by atoms with E-state index in [1.54, 1.807) is 0 Å². The molecule has 0 aliphatic rings. The molecule has 8 heteroatoms. The lowest BCUT2D eigenvalue weighted by molar-refractivity contribution is 0.0577. The highest BCUT2D eigenvalue weighted by Crippen LogP contribution is 2.24. The van der Waals surface area contributed by atoms with E-state index in [2.05, 4.69) is 29.6 Å². The summed E-state index contributed by atoms with van der Waals surface area (Å²) in [5, 5.41) is 7.50. The van der Waals surface area contributed by atoms with Crippen molar-refractivity contribution < 1.29 is 19.1 Å². The van der Waals surface area contributed by atoms with Crippen molar-refractivity contribution in [1.29, 1.82) is 0 Å². The van der Waals surface area contributed by atoms with Crippen LogP contribution in [0.5, 0.6) is 0 Å². The van der Waals surface area contributed by atoms with Crippen LogP contribution in [0.1, 0.15) is 21.0 Å². The third-order valence-electron chi connectivity index (χ3n) is 3.22. The van der Waals surface area contributed by atoms with Gasteiger partial charge in [-0.15, -0.1) is 10.2 Å². The number of fused-ring (bicyclic) bond motifs is 1. The fourth-order valence-electron chi connectivity index (χ4n) is 2.12. The first kappa shape index (κ1) is 14.6. The Labute approximate surface area is 130 Å². The Bertz CT molecular complexity index is 836. The van der Waals surface area contributed by atoms with Gasteiger partial charge < -0.3 is 14.5 Å². The third kappa shape index (κ3) is 2.50. The first-order chi connectivity index (χ1) is 11.2. The zero-order valence-corrected chi connectivity index (χ0v) is 12.4. The number of benzene rings is 1. The number of ether oxygens (including phenoxy) is 2. The second-order valence-electron chi connectivity index (χ2n) is 4.56. The number of rotatable bonds is 3. The Balaban J connectivity index is 2.28. The smallest absolute Gasteiger partial charge is 0.360 e. The minimum atomic E-state index is -0.690. The van der Waals surface area contributed by atoms with E-state index in [9.17, 15) is 9.59 Å². The molecule has 0 atom stereocenters. The van der Waals surface area contributed by atoms with E-state index in [1.165, 1.54) is 14.2 Å². The number of carbonyl (C=O) groups excluding carboxylic acids is 2. The molecule has 116 valence electrons. The highest BCUT2D eigenvalue weighted by molar-refractivity contribution is 6.06. The highest BCUT2D eigenvalue weighted by atomic mass is 16.5. The van der Waals surface area contributed by atoms with Crippen LogP contribution in [0.3, 0.4) is 0 Å². The zero-order valence-electron chi connectivity index (χ0n) is 12.4. The maximum atomic E-state index is 11.8. The van der Waals surface area contributed by atoms with Gasteiger partial charge in [0.1, 0.15) is 16.9 Å². The average molecular weight is 312 g/mol. The summed E-state index contributed by atoms with van der Waals surface area (Å²) in [4.78, 5) is 31.0. The number of nitrogens with zero attached hydrogens (tertiary/aromatic N) is 3. The van der Waals surface area contributed by atoms with Gasteiger partial charge in [0.15, 0.2) is 11.4 Å². The standard InChI is InChI=1S/C15H12N4O4/c1-22-14(20)11-9-10(12(19-18-11)15(21)23-2)17-13(16-9)8-6-4-3-5-7-8/h3-7H,1-2H3,(H,16,17). The molecule has 8 nitrogen and oxygen atoms in total. The molecular weight excluding hydrogens is 300 g/mol. The van der Waals surface area contributed by atoms with Crippen molar-refractivity contribution in [2.24, 2.45) is 0 Å². The predicted octanol–water partition coefficient (Wildman–Crippen LogP) is 1.59. The minimum Gasteiger partial charge on any atom is -0.464 e. The number of imidazole rings is 1. The summed E-state index contributed by atoms with van der Waals surface area (Å²) in [7, 11) is 2.47. The van der Waals surface area contributed by atoms with Gasteiger partial charge >= 0.3 is 11.9 Å². The maximum absolute atomic E-state index is 11.8. The van der Waals surface area contributed by atoms with E-state index in [1.807, 2.05) is 30.3 Å². The van der Waals surface area contributed by atoms with E-state index >= 15 is 0 Å². The van der Waals surface area contributed by atoms with E-state index in [4.69, 9.17) is 0 Å². The average Bonchev–Trinajstić information content (AvgIpc) is 3.05. The Morgan fingerprint density at radius 2 is 1.57 bits per heavy atom. The van der Waals surface area contributed by atoms with E-state index in [0.717, 1.165) is 5.56 Å². The molecule has 0 amide bonds. The SMILES string of the molecule is COC(=O)c1nnc(C(=O)OC)c2[nH]c(-c3ccccc3)nc12. The Hall–Kier alpha value is -3.29. The second kappa shape index (κ2) is 5.84. The number of hydrogen-bond donors (Lipinski definition) is 1. The number of methoxy groups -OCH3 is 2. The molecule has 2 aromatic heterocycles. The quantitative estimate of drug-likeness (QED) is 0.732. The Morgan fingerprint density at radius 1 is 0.957 bits per heavy atom. The third-order valence-corrected chi connectivity index (χ3v) is 3.22. The van der Waals surface area contributed by atoms with Gasteiger partial charge in [0.25, 0.3) is 0 Å². The number of hydrogen-bond acceptors (Lipinski definition) is 7. The molecule has 3 aromatic rings. The second-order valence-corrected chi connectivity index (χ2v) is 4.56. The first-order valence-corrected chi connectivity index (χ1v) is 6.64. The number of nitrogens with one attached hydrogen (secondary N) is 1. The molecule has 3 rings (SSSR count). The number of aromatic amines is 1. The molecule has 0 unspecified atom stereocenters. The van der Waals surface area contributed by atoms with Gasteiger partial charge in [-0.3, -0.25) is 0 Å². The lowest BCUT2D eigenvalue weighted by Crippen LogP contribution is -2.12. The lowest BCUT2D eigenvalue weighted by atomic mass is 10.2. The molecule has 2 heterocycles. The number of H-pyrrole nitrogens is 1. The molecule has 0 spiro atoms. The first-order valence-electron chi connectivity index (χ1n) is 6.64. The van der Waals surface area contributed by atoms with Gasteiger partial charge in [-0.05, 0) is 0 Å². The fourth-order valence-corrected chi connectivity index (χ4v) is 2.12. The summed E-state index contributed by atoms with van der Waals surface area (Å²) in [6.45, 7) is 0. The van der Waals surface area contributed by atoms with Crippen LogP contribution in [0.4, 0.5) is 0 Å². The molecule has 0 radical (unpaired) electrons. The van der Waals surface area contributed by atoms with Crippen LogP contribution in [-0.2, 0) is 9.47 Å². The van der Waals surface area contributed by atoms with Gasteiger partial charge in [-0.2, -0.15) is 0 Å². The molecule has 0 aliphatic heterocycles. The van der Waals surface area contributed by atoms with Gasteiger partial charge in [0.2, 0.25) is 0 Å². The molecule has 0 bridgehead atoms. The Morgan fingerprint density at radius 3 is 2.22 bits per heavy atom. The maximum Gasteiger partial charge on any atom is 0.360 e. The van der Waals surface area contributed by atoms with E-state index in [0.29, 0.717) is 5.82 Å². The summed E-state index contributed by atoms with van der Waals surface area (Å²) < 4.78 is 9.36. The van der Waals surface area contributed by atoms with Crippen molar-refractivity contribution in [2.45, 2.75) is 0 Å². The van der Waals surface area contributed by atoms with Crippen LogP contribution in [0.2, 0.25) is 0 Å². The van der Waals surface area contributed by atoms with Crippen molar-refractivity contribution in [1.82, 2.24) is 20.2 Å². The van der Waals surface area contributed by atoms with Crippen molar-refractivity contribution in [3.05, 3.63) is 41.7 Å². The van der Waals surface area contributed by atoms with Gasteiger partial charge in [-0.25, -0.2) is 14.6 Å². The van der Waals surface area contributed by atoms with Crippen LogP contribution in [0.25, 0.3) is 22.4 Å². The van der Waals surface area contributed by atoms with Gasteiger partial charge in [-0.1, -0.05) is 30.3 Å². The summed E-state index contributed by atoms with van der Waals surface area (Å²) >= 11 is 0. The summed E-state index contributed by atoms with van der Waals surface area (Å²) in [6, 6.07) is 9.25. The normalized spacial score (nSPS) is 10.5. The molecular formula is C15H12N4O4. The van der Waals surface area contributed by atoms with Crippen LogP contribution in [-0.4, -0.2) is 46.3 Å². The van der Waals surface area contributed by atoms with Crippen molar-refractivity contribution in [2.75, 3.05) is 14.2 Å². The number of aromatic nitrogens is 4. The Kier molecular flexibility index (Phi) is 3.71. The summed E-state index contributed by atoms with van der Waals surface area (Å²) in [5.41, 5.74) is 1.13. The summed E-state index contributed by atoms with van der Waals surface area (Å²) in [5.74, 6) is -0.891. The van der Waals surface area contributed by atoms with Crippen molar-refractivity contribution in [3.63, 3.8) is 0 Å². The summed E-state index contributed by atoms with van der Waals surface area (Å²) in [6.07, 6.45) is 0. The molecule has 0 saturated heterocycles. The number of carbonyl (C=O) groups is 2. The van der Waals surface area contributed by atoms with Crippen LogP contribution >= 0.6 is 0 Å².